The summed E-state index contributed by atoms with van der Waals surface area (Å²) < 4.78 is 1.80. The summed E-state index contributed by atoms with van der Waals surface area (Å²) in [5.41, 5.74) is 0.679. The fraction of sp³-hybridized carbons (Fsp3) is 0.150. The second-order valence-electron chi connectivity index (χ2n) is 6.71. The molecule has 30 heavy (non-hydrogen) atoms. The van der Waals surface area contributed by atoms with Crippen LogP contribution < -0.4 is 11.2 Å². The number of hydrogen-bond acceptors (Lipinski definition) is 6. The van der Waals surface area contributed by atoms with E-state index in [0.29, 0.717) is 22.5 Å². The molecule has 3 rings (SSSR count). The van der Waals surface area contributed by atoms with Crippen LogP contribution in [-0.2, 0) is 0 Å². The quantitative estimate of drug-likeness (QED) is 0.340. The molecule has 0 radical (unpaired) electrons. The number of rotatable bonds is 4. The highest BCUT2D eigenvalue weighted by molar-refractivity contribution is 9.10. The molecule has 1 aromatic heterocycles. The van der Waals surface area contributed by atoms with E-state index in [1.54, 1.807) is 32.0 Å². The lowest BCUT2D eigenvalue weighted by molar-refractivity contribution is -0.385. The SMILES string of the molecule is Cc1cc(-n2c(O)c(C=Nc3cc(C)c([N+](=O)[O-])cc3C)c(=O)[nH]c2=O)ccc1Br. The maximum Gasteiger partial charge on any atom is 0.335 e. The lowest BCUT2D eigenvalue weighted by Gasteiger charge is -2.11. The van der Waals surface area contributed by atoms with Gasteiger partial charge in [0, 0.05) is 22.3 Å². The predicted octanol–water partition coefficient (Wildman–Crippen LogP) is 3.58. The lowest BCUT2D eigenvalue weighted by Crippen LogP contribution is -2.31. The van der Waals surface area contributed by atoms with Gasteiger partial charge in [0.05, 0.1) is 16.3 Å². The second-order valence-corrected chi connectivity index (χ2v) is 7.56. The van der Waals surface area contributed by atoms with Crippen molar-refractivity contribution in [1.29, 1.82) is 0 Å². The number of aromatic hydroxyl groups is 1. The van der Waals surface area contributed by atoms with Crippen molar-refractivity contribution in [3.63, 3.8) is 0 Å². The summed E-state index contributed by atoms with van der Waals surface area (Å²) in [6.07, 6.45) is 1.13. The van der Waals surface area contributed by atoms with Crippen LogP contribution in [0.1, 0.15) is 22.3 Å². The first-order valence-electron chi connectivity index (χ1n) is 8.74. The highest BCUT2D eigenvalue weighted by atomic mass is 79.9. The summed E-state index contributed by atoms with van der Waals surface area (Å²) in [6, 6.07) is 7.91. The lowest BCUT2D eigenvalue weighted by atomic mass is 10.1. The topological polar surface area (TPSA) is 131 Å². The maximum atomic E-state index is 12.3. The summed E-state index contributed by atoms with van der Waals surface area (Å²) in [6.45, 7) is 5.05. The van der Waals surface area contributed by atoms with E-state index in [9.17, 15) is 24.8 Å². The minimum Gasteiger partial charge on any atom is -0.493 e. The van der Waals surface area contributed by atoms with E-state index in [2.05, 4.69) is 25.9 Å². The molecule has 0 aliphatic carbocycles. The number of aromatic nitrogens is 2. The van der Waals surface area contributed by atoms with Gasteiger partial charge in [-0.05, 0) is 56.2 Å². The van der Waals surface area contributed by atoms with Crippen molar-refractivity contribution in [2.75, 3.05) is 0 Å². The molecule has 154 valence electrons. The molecule has 2 N–H and O–H groups in total. The molecule has 10 heteroatoms. The van der Waals surface area contributed by atoms with Crippen LogP contribution in [0.15, 0.2) is 49.4 Å². The van der Waals surface area contributed by atoms with Gasteiger partial charge in [-0.2, -0.15) is 0 Å². The van der Waals surface area contributed by atoms with E-state index >= 15 is 0 Å². The highest BCUT2D eigenvalue weighted by Crippen LogP contribution is 2.28. The first kappa shape index (κ1) is 21.2. The van der Waals surface area contributed by atoms with Crippen molar-refractivity contribution >= 4 is 33.5 Å². The van der Waals surface area contributed by atoms with Gasteiger partial charge < -0.3 is 5.11 Å². The Morgan fingerprint density at radius 3 is 2.47 bits per heavy atom. The van der Waals surface area contributed by atoms with Crippen LogP contribution in [0.2, 0.25) is 0 Å². The minimum atomic E-state index is -0.803. The Morgan fingerprint density at radius 1 is 1.13 bits per heavy atom. The van der Waals surface area contributed by atoms with Crippen molar-refractivity contribution in [1.82, 2.24) is 9.55 Å². The number of H-pyrrole nitrogens is 1. The summed E-state index contributed by atoms with van der Waals surface area (Å²) >= 11 is 3.37. The zero-order chi connectivity index (χ0) is 22.2. The minimum absolute atomic E-state index is 0.0358. The molecule has 2 aromatic carbocycles. The molecule has 0 fully saturated rings. The molecule has 0 aliphatic rings. The number of nitrogens with zero attached hydrogens (tertiary/aromatic N) is 3. The van der Waals surface area contributed by atoms with Gasteiger partial charge in [0.15, 0.2) is 0 Å². The van der Waals surface area contributed by atoms with Crippen LogP contribution in [0.25, 0.3) is 5.69 Å². The summed E-state index contributed by atoms with van der Waals surface area (Å²) in [7, 11) is 0. The van der Waals surface area contributed by atoms with Crippen LogP contribution in [0.3, 0.4) is 0 Å². The van der Waals surface area contributed by atoms with Crippen LogP contribution in [0.5, 0.6) is 5.88 Å². The Bertz CT molecular complexity index is 1320. The number of aryl methyl sites for hydroxylation is 3. The number of nitro groups is 1. The average molecular weight is 473 g/mol. The summed E-state index contributed by atoms with van der Waals surface area (Å²) in [5, 5.41) is 21.7. The Labute approximate surface area is 178 Å². The number of hydrogen-bond donors (Lipinski definition) is 2. The molecule has 0 spiro atoms. The van der Waals surface area contributed by atoms with Gasteiger partial charge in [-0.15, -0.1) is 0 Å². The van der Waals surface area contributed by atoms with Crippen LogP contribution >= 0.6 is 15.9 Å². The number of nitrogens with one attached hydrogen (secondary N) is 1. The van der Waals surface area contributed by atoms with Crippen molar-refractivity contribution < 1.29 is 10.0 Å². The number of nitro benzene ring substituents is 1. The predicted molar refractivity (Wildman–Crippen MR) is 117 cm³/mol. The molecule has 0 unspecified atom stereocenters. The summed E-state index contributed by atoms with van der Waals surface area (Å²) in [4.78, 5) is 41.5. The van der Waals surface area contributed by atoms with Gasteiger partial charge in [-0.25, -0.2) is 9.36 Å². The normalized spacial score (nSPS) is 11.2. The van der Waals surface area contributed by atoms with Crippen LogP contribution in [-0.4, -0.2) is 25.8 Å². The summed E-state index contributed by atoms with van der Waals surface area (Å²) in [5.74, 6) is -0.564. The number of aliphatic imine (C=N–C) groups is 1. The third kappa shape index (κ3) is 3.94. The fourth-order valence-electron chi connectivity index (χ4n) is 2.92. The molecular formula is C20H17BrN4O5. The van der Waals surface area contributed by atoms with E-state index in [0.717, 1.165) is 20.8 Å². The van der Waals surface area contributed by atoms with Crippen LogP contribution in [0.4, 0.5) is 11.4 Å². The molecule has 0 aliphatic heterocycles. The van der Waals surface area contributed by atoms with E-state index in [1.807, 2.05) is 6.92 Å². The Hall–Kier alpha value is -3.53. The standard InChI is InChI=1S/C20H17BrN4O5/c1-10-6-13(4-5-15(10)21)24-19(27)14(18(26)23-20(24)28)9-22-16-7-12(3)17(25(29)30)8-11(16)2/h4-9,27H,1-3H3,(H,23,26,28). The van der Waals surface area contributed by atoms with Gasteiger partial charge in [0.25, 0.3) is 11.2 Å². The highest BCUT2D eigenvalue weighted by Gasteiger charge is 2.16. The molecule has 0 amide bonds. The number of benzene rings is 2. The third-order valence-electron chi connectivity index (χ3n) is 4.56. The van der Waals surface area contributed by atoms with Gasteiger partial charge in [-0.3, -0.25) is 24.9 Å². The largest absolute Gasteiger partial charge is 0.493 e. The Kier molecular flexibility index (Phi) is 5.70. The number of halogens is 1. The van der Waals surface area contributed by atoms with E-state index in [1.165, 1.54) is 12.1 Å². The third-order valence-corrected chi connectivity index (χ3v) is 5.45. The van der Waals surface area contributed by atoms with Crippen molar-refractivity contribution in [3.8, 4) is 11.6 Å². The van der Waals surface area contributed by atoms with Gasteiger partial charge >= 0.3 is 5.69 Å². The molecule has 0 saturated carbocycles. The molecule has 3 aromatic rings. The van der Waals surface area contributed by atoms with E-state index in [4.69, 9.17) is 0 Å². The molecule has 0 atom stereocenters. The van der Waals surface area contributed by atoms with Gasteiger partial charge in [-0.1, -0.05) is 15.9 Å². The Morgan fingerprint density at radius 2 is 1.83 bits per heavy atom. The fourth-order valence-corrected chi connectivity index (χ4v) is 3.16. The smallest absolute Gasteiger partial charge is 0.335 e. The van der Waals surface area contributed by atoms with Crippen molar-refractivity contribution in [2.45, 2.75) is 20.8 Å². The molecule has 1 heterocycles. The van der Waals surface area contributed by atoms with Crippen molar-refractivity contribution in [3.05, 3.63) is 88.0 Å². The zero-order valence-electron chi connectivity index (χ0n) is 16.3. The monoisotopic (exact) mass is 472 g/mol. The molecule has 0 bridgehead atoms. The molecule has 9 nitrogen and oxygen atoms in total. The van der Waals surface area contributed by atoms with Crippen LogP contribution in [0, 0.1) is 30.9 Å². The first-order valence-corrected chi connectivity index (χ1v) is 9.54. The van der Waals surface area contributed by atoms with Crippen molar-refractivity contribution in [2.24, 2.45) is 4.99 Å². The average Bonchev–Trinajstić information content (AvgIpc) is 2.66. The number of aromatic amines is 1. The van der Waals surface area contributed by atoms with Gasteiger partial charge in [0.1, 0.15) is 5.56 Å². The molecular weight excluding hydrogens is 456 g/mol. The zero-order valence-corrected chi connectivity index (χ0v) is 17.8. The Balaban J connectivity index is 2.13. The molecule has 0 saturated heterocycles. The maximum absolute atomic E-state index is 12.3. The van der Waals surface area contributed by atoms with E-state index in [-0.39, 0.29) is 11.3 Å². The van der Waals surface area contributed by atoms with Gasteiger partial charge in [0.2, 0.25) is 5.88 Å². The first-order chi connectivity index (χ1) is 14.1. The second kappa shape index (κ2) is 8.07. The van der Waals surface area contributed by atoms with E-state index < -0.39 is 22.1 Å².